The van der Waals surface area contributed by atoms with Crippen LogP contribution in [0.3, 0.4) is 0 Å². The third-order valence-corrected chi connectivity index (χ3v) is 4.26. The predicted octanol–water partition coefficient (Wildman–Crippen LogP) is 5.22. The largest absolute Gasteiger partial charge is 0.493 e. The highest BCUT2D eigenvalue weighted by atomic mass is 35.5. The minimum atomic E-state index is -0.0145. The lowest BCUT2D eigenvalue weighted by Gasteiger charge is -2.24. The van der Waals surface area contributed by atoms with Crippen LogP contribution in [0.1, 0.15) is 42.3 Å². The predicted molar refractivity (Wildman–Crippen MR) is 104 cm³/mol. The highest BCUT2D eigenvalue weighted by Gasteiger charge is 2.20. The van der Waals surface area contributed by atoms with Gasteiger partial charge < -0.3 is 14.2 Å². The monoisotopic (exact) mass is 376 g/mol. The first-order chi connectivity index (χ1) is 12.3. The summed E-state index contributed by atoms with van der Waals surface area (Å²) < 4.78 is 17.0. The highest BCUT2D eigenvalue weighted by Crippen LogP contribution is 2.36. The third-order valence-electron chi connectivity index (χ3n) is 3.98. The standard InChI is InChI=1S/C21H25ClO4/c1-14-7-6-8-16(21(2,3)4)19(14)25-9-10-26-20-17(22)11-15(13-23)12-18(20)24-5/h6-8,11-13H,9-10H2,1-5H3. The summed E-state index contributed by atoms with van der Waals surface area (Å²) in [4.78, 5) is 10.9. The maximum Gasteiger partial charge on any atom is 0.179 e. The second-order valence-corrected chi connectivity index (χ2v) is 7.46. The van der Waals surface area contributed by atoms with Crippen molar-refractivity contribution in [2.75, 3.05) is 20.3 Å². The molecule has 0 radical (unpaired) electrons. The molecule has 0 spiro atoms. The molecule has 0 heterocycles. The zero-order valence-electron chi connectivity index (χ0n) is 15.9. The van der Waals surface area contributed by atoms with Crippen molar-refractivity contribution in [1.29, 1.82) is 0 Å². The van der Waals surface area contributed by atoms with Gasteiger partial charge in [-0.05, 0) is 35.6 Å². The number of ether oxygens (including phenoxy) is 3. The number of aldehydes is 1. The van der Waals surface area contributed by atoms with Crippen LogP contribution in [-0.4, -0.2) is 26.6 Å². The fourth-order valence-corrected chi connectivity index (χ4v) is 2.94. The van der Waals surface area contributed by atoms with Crippen LogP contribution in [0.2, 0.25) is 5.02 Å². The summed E-state index contributed by atoms with van der Waals surface area (Å²) in [5.74, 6) is 1.72. The lowest BCUT2D eigenvalue weighted by atomic mass is 9.85. The smallest absolute Gasteiger partial charge is 0.179 e. The number of hydrogen-bond acceptors (Lipinski definition) is 4. The Morgan fingerprint density at radius 3 is 2.31 bits per heavy atom. The quantitative estimate of drug-likeness (QED) is 0.490. The first-order valence-electron chi connectivity index (χ1n) is 8.46. The molecule has 2 aromatic carbocycles. The molecule has 2 rings (SSSR count). The van der Waals surface area contributed by atoms with Crippen LogP contribution < -0.4 is 14.2 Å². The van der Waals surface area contributed by atoms with E-state index < -0.39 is 0 Å². The van der Waals surface area contributed by atoms with Crippen LogP contribution in [0.15, 0.2) is 30.3 Å². The highest BCUT2D eigenvalue weighted by molar-refractivity contribution is 6.32. The van der Waals surface area contributed by atoms with Gasteiger partial charge in [0, 0.05) is 5.56 Å². The van der Waals surface area contributed by atoms with Gasteiger partial charge in [0.25, 0.3) is 0 Å². The molecule has 0 amide bonds. The van der Waals surface area contributed by atoms with Crippen LogP contribution in [-0.2, 0) is 5.41 Å². The first kappa shape index (κ1) is 20.1. The van der Waals surface area contributed by atoms with Gasteiger partial charge in [-0.3, -0.25) is 4.79 Å². The van der Waals surface area contributed by atoms with Gasteiger partial charge in [0.05, 0.1) is 12.1 Å². The lowest BCUT2D eigenvalue weighted by Crippen LogP contribution is -2.17. The molecule has 5 heteroatoms. The van der Waals surface area contributed by atoms with Gasteiger partial charge in [0.2, 0.25) is 0 Å². The van der Waals surface area contributed by atoms with E-state index in [0.29, 0.717) is 41.6 Å². The number of carbonyl (C=O) groups excluding carboxylic acids is 1. The average Bonchev–Trinajstić information content (AvgIpc) is 2.59. The van der Waals surface area contributed by atoms with Crippen LogP contribution in [0, 0.1) is 6.92 Å². The topological polar surface area (TPSA) is 44.8 Å². The van der Waals surface area contributed by atoms with Crippen molar-refractivity contribution in [3.63, 3.8) is 0 Å². The molecule has 0 saturated heterocycles. The van der Waals surface area contributed by atoms with E-state index in [0.717, 1.165) is 16.9 Å². The lowest BCUT2D eigenvalue weighted by molar-refractivity contribution is 0.112. The van der Waals surface area contributed by atoms with E-state index in [1.165, 1.54) is 7.11 Å². The van der Waals surface area contributed by atoms with Crippen LogP contribution in [0.4, 0.5) is 0 Å². The van der Waals surface area contributed by atoms with Crippen molar-refractivity contribution < 1.29 is 19.0 Å². The first-order valence-corrected chi connectivity index (χ1v) is 8.84. The molecule has 0 aromatic heterocycles. The molecule has 4 nitrogen and oxygen atoms in total. The number of benzene rings is 2. The van der Waals surface area contributed by atoms with E-state index in [1.807, 2.05) is 19.1 Å². The fourth-order valence-electron chi connectivity index (χ4n) is 2.67. The Balaban J connectivity index is 2.08. The Morgan fingerprint density at radius 1 is 1.08 bits per heavy atom. The molecule has 140 valence electrons. The minimum absolute atomic E-state index is 0.0145. The number of rotatable bonds is 7. The van der Waals surface area contributed by atoms with Gasteiger partial charge >= 0.3 is 0 Å². The summed E-state index contributed by atoms with van der Waals surface area (Å²) in [5, 5.41) is 0.331. The van der Waals surface area contributed by atoms with E-state index in [1.54, 1.807) is 12.1 Å². The molecule has 0 saturated carbocycles. The Labute approximate surface area is 160 Å². The van der Waals surface area contributed by atoms with E-state index in [-0.39, 0.29) is 5.41 Å². The summed E-state index contributed by atoms with van der Waals surface area (Å²) >= 11 is 6.19. The second kappa shape index (κ2) is 8.45. The Bertz CT molecular complexity index is 778. The molecule has 0 aliphatic carbocycles. The van der Waals surface area contributed by atoms with E-state index >= 15 is 0 Å². The maximum atomic E-state index is 10.9. The van der Waals surface area contributed by atoms with Crippen LogP contribution in [0.25, 0.3) is 0 Å². The SMILES string of the molecule is COc1cc(C=O)cc(Cl)c1OCCOc1c(C)cccc1C(C)(C)C. The van der Waals surface area contributed by atoms with Crippen molar-refractivity contribution in [3.8, 4) is 17.2 Å². The number of hydrogen-bond donors (Lipinski definition) is 0. The summed E-state index contributed by atoms with van der Waals surface area (Å²) in [6, 6.07) is 9.30. The molecule has 0 fully saturated rings. The van der Waals surface area contributed by atoms with Gasteiger partial charge in [-0.15, -0.1) is 0 Å². The summed E-state index contributed by atoms with van der Waals surface area (Å²) in [6.07, 6.45) is 0.716. The summed E-state index contributed by atoms with van der Waals surface area (Å²) in [6.45, 7) is 9.17. The Kier molecular flexibility index (Phi) is 6.54. The van der Waals surface area contributed by atoms with Gasteiger partial charge in [-0.1, -0.05) is 50.6 Å². The molecule has 26 heavy (non-hydrogen) atoms. The maximum absolute atomic E-state index is 10.9. The molecule has 0 aliphatic rings. The average molecular weight is 377 g/mol. The van der Waals surface area contributed by atoms with Gasteiger partial charge in [0.15, 0.2) is 11.5 Å². The molecule has 2 aromatic rings. The minimum Gasteiger partial charge on any atom is -0.493 e. The van der Waals surface area contributed by atoms with E-state index in [4.69, 9.17) is 25.8 Å². The third kappa shape index (κ3) is 4.70. The van der Waals surface area contributed by atoms with E-state index in [9.17, 15) is 4.79 Å². The van der Waals surface area contributed by atoms with Crippen molar-refractivity contribution in [1.82, 2.24) is 0 Å². The number of halogens is 1. The van der Waals surface area contributed by atoms with Crippen LogP contribution in [0.5, 0.6) is 17.2 Å². The molecule has 0 unspecified atom stereocenters. The van der Waals surface area contributed by atoms with E-state index in [2.05, 4.69) is 26.8 Å². The Hall–Kier alpha value is -2.20. The van der Waals surface area contributed by atoms with Crippen molar-refractivity contribution in [3.05, 3.63) is 52.0 Å². The number of carbonyl (C=O) groups is 1. The zero-order chi connectivity index (χ0) is 19.3. The van der Waals surface area contributed by atoms with Crippen LogP contribution >= 0.6 is 11.6 Å². The molecule has 0 N–H and O–H groups in total. The van der Waals surface area contributed by atoms with Gasteiger partial charge in [-0.2, -0.15) is 0 Å². The normalized spacial score (nSPS) is 11.2. The van der Waals surface area contributed by atoms with Gasteiger partial charge in [-0.25, -0.2) is 0 Å². The van der Waals surface area contributed by atoms with Gasteiger partial charge in [0.1, 0.15) is 25.2 Å². The molecular weight excluding hydrogens is 352 g/mol. The zero-order valence-corrected chi connectivity index (χ0v) is 16.6. The van der Waals surface area contributed by atoms with Crippen molar-refractivity contribution in [2.24, 2.45) is 0 Å². The second-order valence-electron chi connectivity index (χ2n) is 7.05. The molecule has 0 atom stereocenters. The summed E-state index contributed by atoms with van der Waals surface area (Å²) in [7, 11) is 1.51. The molecular formula is C21H25ClO4. The van der Waals surface area contributed by atoms with Crippen molar-refractivity contribution in [2.45, 2.75) is 33.1 Å². The number of para-hydroxylation sites is 1. The number of aryl methyl sites for hydroxylation is 1. The van der Waals surface area contributed by atoms with Crippen molar-refractivity contribution >= 4 is 17.9 Å². The summed E-state index contributed by atoms with van der Waals surface area (Å²) in [5.41, 5.74) is 2.66. The molecule has 0 bridgehead atoms. The molecule has 0 aliphatic heterocycles. The fraction of sp³-hybridized carbons (Fsp3) is 0.381. The number of methoxy groups -OCH3 is 1. The Morgan fingerprint density at radius 2 is 1.73 bits per heavy atom.